The first-order chi connectivity index (χ1) is 13.1. The second-order valence-corrected chi connectivity index (χ2v) is 7.79. The Balaban J connectivity index is 2.06. The Hall–Kier alpha value is -1.35. The lowest BCUT2D eigenvalue weighted by Crippen LogP contribution is -2.02. The first-order valence-corrected chi connectivity index (χ1v) is 11.1. The van der Waals surface area contributed by atoms with Crippen molar-refractivity contribution in [3.8, 4) is 0 Å². The monoisotopic (exact) mass is 376 g/mol. The molecule has 1 aromatic carbocycles. The van der Waals surface area contributed by atoms with Crippen molar-refractivity contribution < 1.29 is 15.0 Å². The van der Waals surface area contributed by atoms with Gasteiger partial charge in [-0.3, -0.25) is 4.79 Å². The number of hydrogen-bond donors (Lipinski definition) is 2. The first-order valence-electron chi connectivity index (χ1n) is 11.1. The van der Waals surface area contributed by atoms with Gasteiger partial charge in [-0.1, -0.05) is 95.4 Å². The highest BCUT2D eigenvalue weighted by Gasteiger charge is 2.11. The molecule has 0 aromatic heterocycles. The topological polar surface area (TPSA) is 57.5 Å². The van der Waals surface area contributed by atoms with Crippen LogP contribution in [0.4, 0.5) is 0 Å². The van der Waals surface area contributed by atoms with Crippen LogP contribution in [0.3, 0.4) is 0 Å². The summed E-state index contributed by atoms with van der Waals surface area (Å²) in [5.41, 5.74) is 2.45. The third-order valence-corrected chi connectivity index (χ3v) is 5.33. The molecule has 2 N–H and O–H groups in total. The van der Waals surface area contributed by atoms with Gasteiger partial charge in [0.1, 0.15) is 0 Å². The molecule has 0 amide bonds. The number of rotatable bonds is 17. The number of benzene rings is 1. The van der Waals surface area contributed by atoms with Gasteiger partial charge in [0, 0.05) is 6.42 Å². The predicted molar refractivity (Wildman–Crippen MR) is 113 cm³/mol. The van der Waals surface area contributed by atoms with Crippen LogP contribution in [0.1, 0.15) is 114 Å². The van der Waals surface area contributed by atoms with Crippen molar-refractivity contribution in [1.82, 2.24) is 0 Å². The molecule has 3 heteroatoms. The van der Waals surface area contributed by atoms with Crippen molar-refractivity contribution in [1.29, 1.82) is 0 Å². The van der Waals surface area contributed by atoms with Crippen LogP contribution in [0.5, 0.6) is 0 Å². The quantitative estimate of drug-likeness (QED) is 0.293. The zero-order chi connectivity index (χ0) is 19.7. The Morgan fingerprint density at radius 1 is 0.852 bits per heavy atom. The van der Waals surface area contributed by atoms with Gasteiger partial charge in [-0.25, -0.2) is 0 Å². The van der Waals surface area contributed by atoms with E-state index >= 15 is 0 Å². The van der Waals surface area contributed by atoms with Gasteiger partial charge in [0.2, 0.25) is 0 Å². The molecule has 0 heterocycles. The van der Waals surface area contributed by atoms with Crippen LogP contribution in [0.15, 0.2) is 24.3 Å². The van der Waals surface area contributed by atoms with Crippen LogP contribution >= 0.6 is 0 Å². The van der Waals surface area contributed by atoms with E-state index in [0.29, 0.717) is 6.42 Å². The second kappa shape index (κ2) is 15.7. The normalized spacial score (nSPS) is 12.2. The molecule has 0 bridgehead atoms. The Bertz CT molecular complexity index is 498. The van der Waals surface area contributed by atoms with E-state index in [1.807, 2.05) is 6.07 Å². The van der Waals surface area contributed by atoms with Crippen LogP contribution in [0.2, 0.25) is 0 Å². The molecular formula is C24H40O3. The molecule has 1 rings (SSSR count). The van der Waals surface area contributed by atoms with Gasteiger partial charge in [-0.2, -0.15) is 0 Å². The number of unbranched alkanes of at least 4 members (excludes halogenated alkanes) is 10. The highest BCUT2D eigenvalue weighted by Crippen LogP contribution is 2.24. The van der Waals surface area contributed by atoms with E-state index in [1.165, 1.54) is 56.9 Å². The molecule has 3 nitrogen and oxygen atoms in total. The van der Waals surface area contributed by atoms with Gasteiger partial charge in [-0.05, 0) is 36.8 Å². The molecule has 0 aliphatic heterocycles. The number of aliphatic hydroxyl groups is 1. The molecule has 0 spiro atoms. The van der Waals surface area contributed by atoms with Crippen molar-refractivity contribution in [3.63, 3.8) is 0 Å². The predicted octanol–water partition coefficient (Wildman–Crippen LogP) is 6.83. The number of carboxylic acid groups (broad SMARTS) is 1. The summed E-state index contributed by atoms with van der Waals surface area (Å²) in [6, 6.07) is 8.39. The van der Waals surface area contributed by atoms with E-state index in [0.717, 1.165) is 44.1 Å². The summed E-state index contributed by atoms with van der Waals surface area (Å²) in [6.45, 7) is 2.16. The Kier molecular flexibility index (Phi) is 13.8. The summed E-state index contributed by atoms with van der Waals surface area (Å²) < 4.78 is 0. The average molecular weight is 377 g/mol. The fraction of sp³-hybridized carbons (Fsp3) is 0.708. The number of aliphatic hydroxyl groups excluding tert-OH is 1. The van der Waals surface area contributed by atoms with Crippen LogP contribution in [-0.4, -0.2) is 16.2 Å². The Morgan fingerprint density at radius 2 is 1.41 bits per heavy atom. The highest BCUT2D eigenvalue weighted by atomic mass is 16.4. The molecule has 0 radical (unpaired) electrons. The molecule has 27 heavy (non-hydrogen) atoms. The van der Waals surface area contributed by atoms with Gasteiger partial charge in [0.15, 0.2) is 0 Å². The maximum Gasteiger partial charge on any atom is 0.303 e. The highest BCUT2D eigenvalue weighted by molar-refractivity contribution is 5.66. The summed E-state index contributed by atoms with van der Waals surface area (Å²) in [4.78, 5) is 10.4. The summed E-state index contributed by atoms with van der Waals surface area (Å²) >= 11 is 0. The first kappa shape index (κ1) is 23.7. The van der Waals surface area contributed by atoms with Gasteiger partial charge in [0.25, 0.3) is 0 Å². The summed E-state index contributed by atoms with van der Waals surface area (Å²) in [6.07, 6.45) is 16.1. The molecule has 1 unspecified atom stereocenters. The standard InChI is InChI=1S/C24H40O3/c1-2-3-19-23(25)22-18-15-14-17-21(22)16-12-10-8-6-4-5-7-9-11-13-20-24(26)27/h14-15,17-18,23,25H,2-13,16,19-20H2,1H3,(H,26,27). The molecule has 1 aromatic rings. The summed E-state index contributed by atoms with van der Waals surface area (Å²) in [5.74, 6) is -0.673. The minimum absolute atomic E-state index is 0.309. The number of aryl methyl sites for hydroxylation is 1. The average Bonchev–Trinajstić information content (AvgIpc) is 2.67. The van der Waals surface area contributed by atoms with Gasteiger partial charge in [0.05, 0.1) is 6.10 Å². The van der Waals surface area contributed by atoms with E-state index in [2.05, 4.69) is 25.1 Å². The SMILES string of the molecule is CCCCC(O)c1ccccc1CCCCCCCCCCCCC(=O)O. The van der Waals surface area contributed by atoms with Crippen molar-refractivity contribution in [2.75, 3.05) is 0 Å². The molecule has 0 saturated heterocycles. The number of hydrogen-bond acceptors (Lipinski definition) is 2. The minimum atomic E-state index is -0.673. The molecule has 0 aliphatic rings. The van der Waals surface area contributed by atoms with Crippen molar-refractivity contribution in [2.24, 2.45) is 0 Å². The van der Waals surface area contributed by atoms with Crippen LogP contribution < -0.4 is 0 Å². The lowest BCUT2D eigenvalue weighted by molar-refractivity contribution is -0.137. The van der Waals surface area contributed by atoms with Crippen LogP contribution in [0, 0.1) is 0 Å². The van der Waals surface area contributed by atoms with Gasteiger partial charge in [-0.15, -0.1) is 0 Å². The lowest BCUT2D eigenvalue weighted by Gasteiger charge is -2.15. The smallest absolute Gasteiger partial charge is 0.303 e. The van der Waals surface area contributed by atoms with Gasteiger partial charge < -0.3 is 10.2 Å². The van der Waals surface area contributed by atoms with Crippen LogP contribution in [-0.2, 0) is 11.2 Å². The minimum Gasteiger partial charge on any atom is -0.481 e. The van der Waals surface area contributed by atoms with E-state index < -0.39 is 5.97 Å². The maximum atomic E-state index is 10.4. The van der Waals surface area contributed by atoms with Crippen molar-refractivity contribution >= 4 is 5.97 Å². The van der Waals surface area contributed by atoms with E-state index in [1.54, 1.807) is 0 Å². The second-order valence-electron chi connectivity index (χ2n) is 7.79. The molecule has 154 valence electrons. The largest absolute Gasteiger partial charge is 0.481 e. The number of carboxylic acids is 1. The van der Waals surface area contributed by atoms with Gasteiger partial charge >= 0.3 is 5.97 Å². The van der Waals surface area contributed by atoms with E-state index in [-0.39, 0.29) is 6.10 Å². The zero-order valence-corrected chi connectivity index (χ0v) is 17.3. The Morgan fingerprint density at radius 3 is 2.00 bits per heavy atom. The molecule has 0 fully saturated rings. The third-order valence-electron chi connectivity index (χ3n) is 5.33. The molecule has 0 saturated carbocycles. The molecule has 1 atom stereocenters. The lowest BCUT2D eigenvalue weighted by atomic mass is 9.95. The fourth-order valence-corrected chi connectivity index (χ4v) is 3.65. The zero-order valence-electron chi connectivity index (χ0n) is 17.3. The molecular weight excluding hydrogens is 336 g/mol. The number of aliphatic carboxylic acids is 1. The van der Waals surface area contributed by atoms with Crippen molar-refractivity contribution in [3.05, 3.63) is 35.4 Å². The fourth-order valence-electron chi connectivity index (χ4n) is 3.65. The van der Waals surface area contributed by atoms with Crippen LogP contribution in [0.25, 0.3) is 0 Å². The third kappa shape index (κ3) is 11.9. The van der Waals surface area contributed by atoms with E-state index in [4.69, 9.17) is 5.11 Å². The summed E-state index contributed by atoms with van der Waals surface area (Å²) in [5, 5.41) is 19.0. The van der Waals surface area contributed by atoms with Crippen molar-refractivity contribution in [2.45, 2.75) is 109 Å². The molecule has 0 aliphatic carbocycles. The summed E-state index contributed by atoms with van der Waals surface area (Å²) in [7, 11) is 0. The Labute approximate surface area is 166 Å². The number of carbonyl (C=O) groups is 1. The van der Waals surface area contributed by atoms with E-state index in [9.17, 15) is 9.90 Å². The maximum absolute atomic E-state index is 10.4.